The number of carboxylic acids is 1. The van der Waals surface area contributed by atoms with Crippen LogP contribution in [0, 0.1) is 5.41 Å². The first kappa shape index (κ1) is 14.7. The summed E-state index contributed by atoms with van der Waals surface area (Å²) >= 11 is 6.03. The van der Waals surface area contributed by atoms with Gasteiger partial charge in [-0.3, -0.25) is 9.59 Å². The lowest BCUT2D eigenvalue weighted by molar-refractivity contribution is -0.165. The Morgan fingerprint density at radius 2 is 2.20 bits per heavy atom. The Labute approximate surface area is 121 Å². The highest BCUT2D eigenvalue weighted by molar-refractivity contribution is 6.30. The van der Waals surface area contributed by atoms with Gasteiger partial charge >= 0.3 is 11.9 Å². The van der Waals surface area contributed by atoms with Crippen LogP contribution in [-0.2, 0) is 27.2 Å². The van der Waals surface area contributed by atoms with Crippen molar-refractivity contribution in [2.45, 2.75) is 19.8 Å². The highest BCUT2D eigenvalue weighted by Gasteiger charge is 2.43. The van der Waals surface area contributed by atoms with Gasteiger partial charge in [0.05, 0.1) is 13.7 Å². The number of rotatable bonds is 4. The zero-order valence-corrected chi connectivity index (χ0v) is 12.0. The number of carboxylic acid groups (broad SMARTS) is 1. The minimum Gasteiger partial charge on any atom is -0.493 e. The molecule has 1 N–H and O–H groups in total. The smallest absolute Gasteiger partial charge is 0.323 e. The van der Waals surface area contributed by atoms with E-state index < -0.39 is 17.4 Å². The van der Waals surface area contributed by atoms with E-state index in [-0.39, 0.29) is 6.42 Å². The summed E-state index contributed by atoms with van der Waals surface area (Å²) in [5.41, 5.74) is -0.121. The third-order valence-corrected chi connectivity index (χ3v) is 3.70. The molecule has 0 aliphatic carbocycles. The first-order valence-corrected chi connectivity index (χ1v) is 6.52. The van der Waals surface area contributed by atoms with E-state index in [1.807, 2.05) is 0 Å². The highest BCUT2D eigenvalue weighted by atomic mass is 35.5. The number of ether oxygens (including phenoxy) is 2. The van der Waals surface area contributed by atoms with E-state index in [1.54, 1.807) is 12.1 Å². The summed E-state index contributed by atoms with van der Waals surface area (Å²) in [6.07, 6.45) is 0.697. The van der Waals surface area contributed by atoms with Crippen molar-refractivity contribution in [2.75, 3.05) is 13.7 Å². The van der Waals surface area contributed by atoms with Crippen molar-refractivity contribution in [1.82, 2.24) is 0 Å². The molecule has 2 rings (SSSR count). The molecule has 0 spiro atoms. The second-order valence-electron chi connectivity index (χ2n) is 4.96. The van der Waals surface area contributed by atoms with Crippen molar-refractivity contribution in [3.8, 4) is 5.75 Å². The molecule has 0 aromatic heterocycles. The van der Waals surface area contributed by atoms with Gasteiger partial charge in [-0.05, 0) is 30.2 Å². The van der Waals surface area contributed by atoms with Gasteiger partial charge in [-0.1, -0.05) is 11.6 Å². The third kappa shape index (κ3) is 2.45. The molecule has 1 aliphatic rings. The molecule has 0 saturated carbocycles. The molecule has 0 radical (unpaired) electrons. The number of carbonyl (C=O) groups excluding carboxylic acids is 1. The average molecular weight is 299 g/mol. The summed E-state index contributed by atoms with van der Waals surface area (Å²) < 4.78 is 10.1. The van der Waals surface area contributed by atoms with Crippen LogP contribution in [0.25, 0.3) is 0 Å². The van der Waals surface area contributed by atoms with Gasteiger partial charge in [0, 0.05) is 17.9 Å². The number of halogens is 1. The summed E-state index contributed by atoms with van der Waals surface area (Å²) in [6.45, 7) is 1.87. The summed E-state index contributed by atoms with van der Waals surface area (Å²) in [4.78, 5) is 23.2. The van der Waals surface area contributed by atoms with Crippen LogP contribution in [-0.4, -0.2) is 30.8 Å². The summed E-state index contributed by atoms with van der Waals surface area (Å²) in [7, 11) is 1.17. The van der Waals surface area contributed by atoms with Gasteiger partial charge in [0.1, 0.15) is 5.75 Å². The molecule has 1 aromatic carbocycles. The van der Waals surface area contributed by atoms with E-state index in [9.17, 15) is 14.7 Å². The molecule has 1 unspecified atom stereocenters. The molecule has 0 bridgehead atoms. The Bertz CT molecular complexity index is 569. The molecule has 1 aliphatic heterocycles. The van der Waals surface area contributed by atoms with Crippen molar-refractivity contribution < 1.29 is 24.2 Å². The Morgan fingerprint density at radius 3 is 2.80 bits per heavy atom. The van der Waals surface area contributed by atoms with Crippen LogP contribution >= 0.6 is 11.6 Å². The van der Waals surface area contributed by atoms with Gasteiger partial charge in [0.2, 0.25) is 0 Å². The molecular formula is C14H15ClO5. The lowest BCUT2D eigenvalue weighted by Gasteiger charge is -2.22. The largest absolute Gasteiger partial charge is 0.493 e. The van der Waals surface area contributed by atoms with Crippen molar-refractivity contribution in [1.29, 1.82) is 0 Å². The fourth-order valence-electron chi connectivity index (χ4n) is 2.32. The van der Waals surface area contributed by atoms with Gasteiger partial charge in [0.25, 0.3) is 0 Å². The van der Waals surface area contributed by atoms with Gasteiger partial charge in [-0.25, -0.2) is 0 Å². The molecule has 1 aromatic rings. The van der Waals surface area contributed by atoms with E-state index in [1.165, 1.54) is 14.0 Å². The number of fused-ring (bicyclic) bond motifs is 1. The average Bonchev–Trinajstić information content (AvgIpc) is 2.85. The predicted molar refractivity (Wildman–Crippen MR) is 72.1 cm³/mol. The Balaban J connectivity index is 2.42. The quantitative estimate of drug-likeness (QED) is 0.680. The van der Waals surface area contributed by atoms with Gasteiger partial charge in [-0.2, -0.15) is 0 Å². The van der Waals surface area contributed by atoms with Crippen LogP contribution in [0.4, 0.5) is 0 Å². The summed E-state index contributed by atoms with van der Waals surface area (Å²) in [5.74, 6) is -1.40. The second kappa shape index (κ2) is 5.32. The molecule has 1 heterocycles. The maximum absolute atomic E-state index is 11.8. The molecule has 5 nitrogen and oxygen atoms in total. The first-order chi connectivity index (χ1) is 9.38. The number of methoxy groups -OCH3 is 1. The topological polar surface area (TPSA) is 72.8 Å². The number of hydrogen-bond donors (Lipinski definition) is 1. The van der Waals surface area contributed by atoms with Crippen LogP contribution in [0.15, 0.2) is 12.1 Å². The molecule has 0 fully saturated rings. The monoisotopic (exact) mass is 298 g/mol. The van der Waals surface area contributed by atoms with Crippen LogP contribution in [0.2, 0.25) is 5.02 Å². The maximum atomic E-state index is 11.8. The van der Waals surface area contributed by atoms with Crippen LogP contribution < -0.4 is 4.74 Å². The molecule has 20 heavy (non-hydrogen) atoms. The predicted octanol–water partition coefficient (Wildman–Crippen LogP) is 2.08. The number of aliphatic carboxylic acids is 1. The van der Waals surface area contributed by atoms with E-state index in [2.05, 4.69) is 4.74 Å². The zero-order valence-electron chi connectivity index (χ0n) is 11.2. The van der Waals surface area contributed by atoms with Crippen molar-refractivity contribution in [3.05, 3.63) is 28.3 Å². The summed E-state index contributed by atoms with van der Waals surface area (Å²) in [5, 5.41) is 9.84. The van der Waals surface area contributed by atoms with E-state index >= 15 is 0 Å². The van der Waals surface area contributed by atoms with Crippen molar-refractivity contribution >= 4 is 23.5 Å². The van der Waals surface area contributed by atoms with E-state index in [4.69, 9.17) is 16.3 Å². The fraction of sp³-hybridized carbons (Fsp3) is 0.429. The Hall–Kier alpha value is -1.75. The van der Waals surface area contributed by atoms with Gasteiger partial charge in [-0.15, -0.1) is 0 Å². The zero-order chi connectivity index (χ0) is 14.9. The maximum Gasteiger partial charge on any atom is 0.323 e. The number of hydrogen-bond acceptors (Lipinski definition) is 4. The fourth-order valence-corrected chi connectivity index (χ4v) is 2.58. The molecule has 108 valence electrons. The van der Waals surface area contributed by atoms with Crippen molar-refractivity contribution in [3.63, 3.8) is 0 Å². The normalized spacial score (nSPS) is 15.9. The third-order valence-electron chi connectivity index (χ3n) is 3.48. The SMILES string of the molecule is COC(=O)C(C)(Cc1cc(Cl)cc2c1OCC2)C(=O)O. The minimum absolute atomic E-state index is 0.0299. The van der Waals surface area contributed by atoms with Crippen LogP contribution in [0.3, 0.4) is 0 Å². The molecule has 0 amide bonds. The number of benzene rings is 1. The second-order valence-corrected chi connectivity index (χ2v) is 5.39. The van der Waals surface area contributed by atoms with Crippen LogP contribution in [0.1, 0.15) is 18.1 Å². The molecule has 1 atom stereocenters. The van der Waals surface area contributed by atoms with E-state index in [0.29, 0.717) is 22.9 Å². The summed E-state index contributed by atoms with van der Waals surface area (Å²) in [6, 6.07) is 3.43. The van der Waals surface area contributed by atoms with Crippen LogP contribution in [0.5, 0.6) is 5.75 Å². The molecule has 6 heteroatoms. The Morgan fingerprint density at radius 1 is 1.50 bits per heavy atom. The van der Waals surface area contributed by atoms with Gasteiger partial charge < -0.3 is 14.6 Å². The van der Waals surface area contributed by atoms with Crippen molar-refractivity contribution in [2.24, 2.45) is 5.41 Å². The minimum atomic E-state index is -1.67. The number of esters is 1. The number of carbonyl (C=O) groups is 2. The highest BCUT2D eigenvalue weighted by Crippen LogP contribution is 2.37. The molecular weight excluding hydrogens is 284 g/mol. The lowest BCUT2D eigenvalue weighted by atomic mass is 9.83. The van der Waals surface area contributed by atoms with E-state index in [0.717, 1.165) is 12.0 Å². The molecule has 0 saturated heterocycles. The standard InChI is InChI=1S/C14H15ClO5/c1-14(12(16)17,13(18)19-2)7-9-6-10(15)5-8-3-4-20-11(8)9/h5-6H,3-4,7H2,1-2H3,(H,16,17). The lowest BCUT2D eigenvalue weighted by Crippen LogP contribution is -2.39. The van der Waals surface area contributed by atoms with Gasteiger partial charge in [0.15, 0.2) is 5.41 Å². The first-order valence-electron chi connectivity index (χ1n) is 6.14. The Kier molecular flexibility index (Phi) is 3.90.